The minimum Gasteiger partial charge on any atom is -0.399 e. The van der Waals surface area contributed by atoms with Crippen LogP contribution in [0.15, 0.2) is 60.7 Å². The number of thiophene rings is 1. The smallest absolute Gasteiger partial charge is 0.399 e. The average Bonchev–Trinajstić information content (AvgIpc) is 3.39. The van der Waals surface area contributed by atoms with E-state index in [4.69, 9.17) is 14.3 Å². The molecule has 3 heterocycles. The minimum atomic E-state index is -0.340. The zero-order valence-electron chi connectivity index (χ0n) is 17.9. The van der Waals surface area contributed by atoms with E-state index in [1.165, 1.54) is 30.4 Å². The molecule has 3 aromatic carbocycles. The lowest BCUT2D eigenvalue weighted by atomic mass is 9.79. The standard InChI is InChI=1S/C25H22BNO2S2/c1-24(2)25(3,4)29-26(28-24)16-10-11-17-20(14-16)30-19-13-12-18-22(21(17)19)31-23(27-18)15-8-6-5-7-9-15/h5-14H,1-4H3. The summed E-state index contributed by atoms with van der Waals surface area (Å²) in [6.45, 7) is 8.37. The van der Waals surface area contributed by atoms with E-state index >= 15 is 0 Å². The van der Waals surface area contributed by atoms with Crippen LogP contribution in [0, 0.1) is 0 Å². The number of benzene rings is 3. The number of rotatable bonds is 2. The Morgan fingerprint density at radius 3 is 2.29 bits per heavy atom. The Bertz CT molecular complexity index is 1440. The summed E-state index contributed by atoms with van der Waals surface area (Å²) in [6, 6.07) is 21.4. The molecule has 1 fully saturated rings. The van der Waals surface area contributed by atoms with Gasteiger partial charge in [-0.2, -0.15) is 0 Å². The van der Waals surface area contributed by atoms with Crippen molar-refractivity contribution in [3.8, 4) is 10.6 Å². The Labute approximate surface area is 189 Å². The average molecular weight is 443 g/mol. The van der Waals surface area contributed by atoms with Gasteiger partial charge in [0.15, 0.2) is 0 Å². The van der Waals surface area contributed by atoms with Crippen LogP contribution < -0.4 is 5.46 Å². The first-order valence-electron chi connectivity index (χ1n) is 10.5. The number of fused-ring (bicyclic) bond motifs is 5. The molecule has 5 aromatic rings. The summed E-state index contributed by atoms with van der Waals surface area (Å²) >= 11 is 3.60. The van der Waals surface area contributed by atoms with Crippen molar-refractivity contribution in [2.75, 3.05) is 0 Å². The van der Waals surface area contributed by atoms with Gasteiger partial charge in [0.25, 0.3) is 0 Å². The zero-order valence-corrected chi connectivity index (χ0v) is 19.6. The minimum absolute atomic E-state index is 0.338. The summed E-state index contributed by atoms with van der Waals surface area (Å²) in [5.41, 5.74) is 2.62. The highest BCUT2D eigenvalue weighted by atomic mass is 32.1. The zero-order chi connectivity index (χ0) is 21.4. The van der Waals surface area contributed by atoms with Crippen LogP contribution in [0.4, 0.5) is 0 Å². The van der Waals surface area contributed by atoms with Crippen LogP contribution in [0.5, 0.6) is 0 Å². The maximum Gasteiger partial charge on any atom is 0.494 e. The Morgan fingerprint density at radius 2 is 1.55 bits per heavy atom. The largest absolute Gasteiger partial charge is 0.494 e. The topological polar surface area (TPSA) is 31.4 Å². The Hall–Kier alpha value is -2.25. The lowest BCUT2D eigenvalue weighted by Gasteiger charge is -2.32. The van der Waals surface area contributed by atoms with E-state index < -0.39 is 0 Å². The number of hydrogen-bond donors (Lipinski definition) is 0. The molecule has 31 heavy (non-hydrogen) atoms. The molecule has 0 bridgehead atoms. The number of hydrogen-bond acceptors (Lipinski definition) is 5. The highest BCUT2D eigenvalue weighted by molar-refractivity contribution is 7.28. The van der Waals surface area contributed by atoms with Gasteiger partial charge in [0.05, 0.1) is 21.4 Å². The molecule has 1 saturated heterocycles. The van der Waals surface area contributed by atoms with E-state index in [0.717, 1.165) is 16.0 Å². The fourth-order valence-corrected chi connectivity index (χ4v) is 6.45. The summed E-state index contributed by atoms with van der Waals surface area (Å²) < 4.78 is 16.3. The fourth-order valence-electron chi connectivity index (χ4n) is 4.09. The van der Waals surface area contributed by atoms with Gasteiger partial charge in [-0.15, -0.1) is 22.7 Å². The van der Waals surface area contributed by atoms with Crippen LogP contribution >= 0.6 is 22.7 Å². The van der Waals surface area contributed by atoms with Crippen LogP contribution in [-0.2, 0) is 9.31 Å². The van der Waals surface area contributed by atoms with Crippen molar-refractivity contribution in [2.45, 2.75) is 38.9 Å². The molecule has 0 N–H and O–H groups in total. The molecular formula is C25H22BNO2S2. The van der Waals surface area contributed by atoms with E-state index in [9.17, 15) is 0 Å². The van der Waals surface area contributed by atoms with Gasteiger partial charge < -0.3 is 9.31 Å². The van der Waals surface area contributed by atoms with Crippen molar-refractivity contribution >= 4 is 65.6 Å². The molecule has 6 rings (SSSR count). The van der Waals surface area contributed by atoms with Crippen molar-refractivity contribution in [2.24, 2.45) is 0 Å². The highest BCUT2D eigenvalue weighted by Crippen LogP contribution is 2.42. The lowest BCUT2D eigenvalue weighted by molar-refractivity contribution is 0.00578. The van der Waals surface area contributed by atoms with Crippen LogP contribution in [0.3, 0.4) is 0 Å². The second kappa shape index (κ2) is 6.63. The summed E-state index contributed by atoms with van der Waals surface area (Å²) in [7, 11) is -0.340. The number of thiazole rings is 1. The first-order chi connectivity index (χ1) is 14.8. The second-order valence-electron chi connectivity index (χ2n) is 9.12. The van der Waals surface area contributed by atoms with E-state index in [1.807, 2.05) is 17.4 Å². The molecule has 0 atom stereocenters. The number of nitrogens with zero attached hydrogens (tertiary/aromatic N) is 1. The van der Waals surface area contributed by atoms with Crippen LogP contribution in [-0.4, -0.2) is 23.3 Å². The van der Waals surface area contributed by atoms with E-state index in [-0.39, 0.29) is 18.3 Å². The summed E-state index contributed by atoms with van der Waals surface area (Å²) in [5, 5.41) is 3.64. The molecule has 2 aromatic heterocycles. The third kappa shape index (κ3) is 2.97. The van der Waals surface area contributed by atoms with Crippen molar-refractivity contribution in [3.05, 3.63) is 60.7 Å². The molecule has 0 unspecified atom stereocenters. The molecule has 1 aliphatic heterocycles. The van der Waals surface area contributed by atoms with Crippen LogP contribution in [0.1, 0.15) is 27.7 Å². The van der Waals surface area contributed by atoms with Gasteiger partial charge in [-0.25, -0.2) is 4.98 Å². The third-order valence-corrected chi connectivity index (χ3v) is 8.82. The Balaban J connectivity index is 1.49. The third-order valence-electron chi connectivity index (χ3n) is 6.56. The molecule has 0 aliphatic carbocycles. The summed E-state index contributed by atoms with van der Waals surface area (Å²) in [6.07, 6.45) is 0. The summed E-state index contributed by atoms with van der Waals surface area (Å²) in [4.78, 5) is 4.92. The van der Waals surface area contributed by atoms with Crippen molar-refractivity contribution in [3.63, 3.8) is 0 Å². The van der Waals surface area contributed by atoms with E-state index in [2.05, 4.69) is 82.3 Å². The summed E-state index contributed by atoms with van der Waals surface area (Å²) in [5.74, 6) is 0. The van der Waals surface area contributed by atoms with Crippen molar-refractivity contribution in [1.82, 2.24) is 4.98 Å². The number of aromatic nitrogens is 1. The molecular weight excluding hydrogens is 421 g/mol. The van der Waals surface area contributed by atoms with Gasteiger partial charge >= 0.3 is 7.12 Å². The molecule has 0 radical (unpaired) electrons. The van der Waals surface area contributed by atoms with Gasteiger partial charge in [0, 0.05) is 25.7 Å². The normalized spacial score (nSPS) is 17.9. The van der Waals surface area contributed by atoms with E-state index in [1.54, 1.807) is 11.3 Å². The van der Waals surface area contributed by atoms with Crippen LogP contribution in [0.2, 0.25) is 0 Å². The molecule has 154 valence electrons. The Morgan fingerprint density at radius 1 is 0.806 bits per heavy atom. The molecule has 3 nitrogen and oxygen atoms in total. The molecule has 0 amide bonds. The molecule has 0 saturated carbocycles. The van der Waals surface area contributed by atoms with Gasteiger partial charge in [-0.3, -0.25) is 0 Å². The Kier molecular flexibility index (Phi) is 4.16. The predicted molar refractivity (Wildman–Crippen MR) is 134 cm³/mol. The molecule has 1 aliphatic rings. The first kappa shape index (κ1) is 19.4. The van der Waals surface area contributed by atoms with Gasteiger partial charge in [-0.05, 0) is 51.4 Å². The monoisotopic (exact) mass is 443 g/mol. The maximum atomic E-state index is 6.27. The second-order valence-corrected chi connectivity index (χ2v) is 11.2. The quantitative estimate of drug-likeness (QED) is 0.287. The first-order valence-corrected chi connectivity index (χ1v) is 12.1. The molecule has 0 spiro atoms. The van der Waals surface area contributed by atoms with Gasteiger partial charge in [-0.1, -0.05) is 42.5 Å². The highest BCUT2D eigenvalue weighted by Gasteiger charge is 2.51. The van der Waals surface area contributed by atoms with Gasteiger partial charge in [0.1, 0.15) is 5.01 Å². The fraction of sp³-hybridized carbons (Fsp3) is 0.240. The lowest BCUT2D eigenvalue weighted by Crippen LogP contribution is -2.41. The van der Waals surface area contributed by atoms with Crippen molar-refractivity contribution in [1.29, 1.82) is 0 Å². The van der Waals surface area contributed by atoms with Gasteiger partial charge in [0.2, 0.25) is 0 Å². The van der Waals surface area contributed by atoms with E-state index in [0.29, 0.717) is 0 Å². The molecule has 6 heteroatoms. The predicted octanol–water partition coefficient (Wildman–Crippen LogP) is 6.63. The SMILES string of the molecule is CC1(C)OB(c2ccc3c(c2)sc2ccc4nc(-c5ccccc5)sc4c23)OC1(C)C. The maximum absolute atomic E-state index is 6.27. The van der Waals surface area contributed by atoms with Crippen LogP contribution in [0.25, 0.3) is 41.0 Å². The van der Waals surface area contributed by atoms with Crippen molar-refractivity contribution < 1.29 is 9.31 Å².